The molecule has 0 aromatic heterocycles. The van der Waals surface area contributed by atoms with Gasteiger partial charge in [-0.2, -0.15) is 0 Å². The lowest BCUT2D eigenvalue weighted by molar-refractivity contribution is -0.136. The average molecular weight is 200 g/mol. The predicted octanol–water partition coefficient (Wildman–Crippen LogP) is 1.40. The number of benzene rings is 1. The maximum atomic E-state index is 12.7. The first-order chi connectivity index (χ1) is 6.54. The summed E-state index contributed by atoms with van der Waals surface area (Å²) in [5.41, 5.74) is -0.183. The minimum absolute atomic E-state index is 0.0357. The second-order valence-corrected chi connectivity index (χ2v) is 2.65. The van der Waals surface area contributed by atoms with Gasteiger partial charge >= 0.3 is 5.97 Å². The first-order valence-corrected chi connectivity index (χ1v) is 3.69. The summed E-state index contributed by atoms with van der Waals surface area (Å²) < 4.78 is 25.3. The normalized spacial score (nSPS) is 9.86. The fraction of sp³-hybridized carbons (Fsp3) is 0.111. The van der Waals surface area contributed by atoms with E-state index in [0.717, 1.165) is 0 Å². The second-order valence-electron chi connectivity index (χ2n) is 2.65. The molecule has 1 rings (SSSR count). The Morgan fingerprint density at radius 1 is 1.36 bits per heavy atom. The Hall–Kier alpha value is -1.78. The number of hydrogen-bond donors (Lipinski definition) is 1. The van der Waals surface area contributed by atoms with E-state index in [2.05, 4.69) is 0 Å². The molecule has 1 aromatic carbocycles. The molecular formula is C9H6F2O3. The highest BCUT2D eigenvalue weighted by Gasteiger charge is 2.11. The summed E-state index contributed by atoms with van der Waals surface area (Å²) >= 11 is 0. The molecule has 0 atom stereocenters. The lowest BCUT2D eigenvalue weighted by Gasteiger charge is -2.02. The predicted molar refractivity (Wildman–Crippen MR) is 43.1 cm³/mol. The molecule has 0 spiro atoms. The van der Waals surface area contributed by atoms with Crippen LogP contribution in [0.5, 0.6) is 0 Å². The van der Waals surface area contributed by atoms with E-state index in [0.29, 0.717) is 18.4 Å². The van der Waals surface area contributed by atoms with E-state index in [1.165, 1.54) is 0 Å². The summed E-state index contributed by atoms with van der Waals surface area (Å²) in [6.07, 6.45) is -0.216. The Morgan fingerprint density at radius 2 is 1.93 bits per heavy atom. The van der Waals surface area contributed by atoms with E-state index in [1.54, 1.807) is 0 Å². The van der Waals surface area contributed by atoms with E-state index in [1.807, 2.05) is 0 Å². The van der Waals surface area contributed by atoms with Crippen molar-refractivity contribution < 1.29 is 23.5 Å². The van der Waals surface area contributed by atoms with Crippen molar-refractivity contribution in [2.45, 2.75) is 6.42 Å². The Kier molecular flexibility index (Phi) is 2.91. The number of rotatable bonds is 3. The Labute approximate surface area is 78.0 Å². The van der Waals surface area contributed by atoms with Crippen molar-refractivity contribution >= 4 is 12.3 Å². The van der Waals surface area contributed by atoms with Gasteiger partial charge in [0.1, 0.15) is 6.29 Å². The summed E-state index contributed by atoms with van der Waals surface area (Å²) in [5.74, 6) is -3.54. The fourth-order valence-corrected chi connectivity index (χ4v) is 1.03. The molecule has 0 saturated heterocycles. The first kappa shape index (κ1) is 10.3. The van der Waals surface area contributed by atoms with Crippen molar-refractivity contribution in [3.8, 4) is 0 Å². The van der Waals surface area contributed by atoms with Gasteiger partial charge in [-0.1, -0.05) is 0 Å². The van der Waals surface area contributed by atoms with Gasteiger partial charge in [0, 0.05) is 5.56 Å². The van der Waals surface area contributed by atoms with Gasteiger partial charge < -0.3 is 5.11 Å². The molecule has 0 radical (unpaired) electrons. The number of halogens is 2. The van der Waals surface area contributed by atoms with E-state index in [4.69, 9.17) is 5.11 Å². The Balaban J connectivity index is 3.19. The van der Waals surface area contributed by atoms with Gasteiger partial charge in [-0.15, -0.1) is 0 Å². The first-order valence-electron chi connectivity index (χ1n) is 3.69. The molecular weight excluding hydrogens is 194 g/mol. The minimum Gasteiger partial charge on any atom is -0.481 e. The maximum absolute atomic E-state index is 12.7. The van der Waals surface area contributed by atoms with Crippen molar-refractivity contribution in [2.24, 2.45) is 0 Å². The van der Waals surface area contributed by atoms with E-state index < -0.39 is 24.0 Å². The van der Waals surface area contributed by atoms with Gasteiger partial charge in [-0.25, -0.2) is 8.78 Å². The summed E-state index contributed by atoms with van der Waals surface area (Å²) in [4.78, 5) is 20.7. The van der Waals surface area contributed by atoms with E-state index in [9.17, 15) is 18.4 Å². The maximum Gasteiger partial charge on any atom is 0.307 e. The quantitative estimate of drug-likeness (QED) is 0.750. The molecule has 0 saturated carbocycles. The molecule has 74 valence electrons. The van der Waals surface area contributed by atoms with Gasteiger partial charge in [0.25, 0.3) is 0 Å². The number of aliphatic carboxylic acids is 1. The van der Waals surface area contributed by atoms with Crippen molar-refractivity contribution in [3.63, 3.8) is 0 Å². The third-order valence-corrected chi connectivity index (χ3v) is 1.65. The zero-order chi connectivity index (χ0) is 10.7. The molecule has 5 heteroatoms. The SMILES string of the molecule is O=Cc1cc(F)c(F)cc1CC(=O)O. The zero-order valence-corrected chi connectivity index (χ0v) is 6.96. The van der Waals surface area contributed by atoms with Crippen LogP contribution in [0.2, 0.25) is 0 Å². The van der Waals surface area contributed by atoms with Crippen LogP contribution in [0, 0.1) is 11.6 Å². The molecule has 0 heterocycles. The number of carbonyl (C=O) groups is 2. The summed E-state index contributed by atoms with van der Waals surface area (Å²) in [5, 5.41) is 8.41. The van der Waals surface area contributed by atoms with Gasteiger partial charge in [-0.3, -0.25) is 9.59 Å². The molecule has 0 amide bonds. The number of aldehydes is 1. The van der Waals surface area contributed by atoms with Gasteiger partial charge in [-0.05, 0) is 17.7 Å². The number of hydrogen-bond acceptors (Lipinski definition) is 2. The topological polar surface area (TPSA) is 54.4 Å². The van der Waals surface area contributed by atoms with Crippen molar-refractivity contribution in [1.29, 1.82) is 0 Å². The molecule has 1 aromatic rings. The van der Waals surface area contributed by atoms with Crippen LogP contribution in [0.4, 0.5) is 8.78 Å². The summed E-state index contributed by atoms with van der Waals surface area (Å²) in [6, 6.07) is 1.40. The number of carboxylic acid groups (broad SMARTS) is 1. The number of carboxylic acids is 1. The van der Waals surface area contributed by atoms with Crippen LogP contribution in [0.15, 0.2) is 12.1 Å². The zero-order valence-electron chi connectivity index (χ0n) is 6.96. The molecule has 0 fully saturated rings. The standard InChI is InChI=1S/C9H6F2O3/c10-7-1-5(3-9(13)14)6(4-12)2-8(7)11/h1-2,4H,3H2,(H,13,14). The summed E-state index contributed by atoms with van der Waals surface area (Å²) in [6.45, 7) is 0. The van der Waals surface area contributed by atoms with Crippen LogP contribution < -0.4 is 0 Å². The van der Waals surface area contributed by atoms with Crippen molar-refractivity contribution in [2.75, 3.05) is 0 Å². The van der Waals surface area contributed by atoms with E-state index >= 15 is 0 Å². The molecule has 14 heavy (non-hydrogen) atoms. The molecule has 3 nitrogen and oxygen atoms in total. The van der Waals surface area contributed by atoms with Gasteiger partial charge in [0.2, 0.25) is 0 Å². The highest BCUT2D eigenvalue weighted by Crippen LogP contribution is 2.14. The van der Waals surface area contributed by atoms with Crippen LogP contribution in [-0.2, 0) is 11.2 Å². The third kappa shape index (κ3) is 2.12. The van der Waals surface area contributed by atoms with Crippen molar-refractivity contribution in [1.82, 2.24) is 0 Å². The molecule has 0 aliphatic rings. The highest BCUT2D eigenvalue weighted by atomic mass is 19.2. The van der Waals surface area contributed by atoms with Gasteiger partial charge in [0.15, 0.2) is 11.6 Å². The molecule has 0 aliphatic carbocycles. The number of carbonyl (C=O) groups excluding carboxylic acids is 1. The highest BCUT2D eigenvalue weighted by molar-refractivity contribution is 5.81. The molecule has 0 bridgehead atoms. The Bertz CT molecular complexity index is 388. The van der Waals surface area contributed by atoms with Crippen LogP contribution in [0.25, 0.3) is 0 Å². The van der Waals surface area contributed by atoms with Crippen LogP contribution in [0.3, 0.4) is 0 Å². The van der Waals surface area contributed by atoms with E-state index in [-0.39, 0.29) is 11.1 Å². The lowest BCUT2D eigenvalue weighted by atomic mass is 10.1. The van der Waals surface area contributed by atoms with Crippen LogP contribution in [-0.4, -0.2) is 17.4 Å². The van der Waals surface area contributed by atoms with Crippen molar-refractivity contribution in [3.05, 3.63) is 34.9 Å². The summed E-state index contributed by atoms with van der Waals surface area (Å²) in [7, 11) is 0. The fourth-order valence-electron chi connectivity index (χ4n) is 1.03. The van der Waals surface area contributed by atoms with Crippen LogP contribution >= 0.6 is 0 Å². The molecule has 0 unspecified atom stereocenters. The van der Waals surface area contributed by atoms with Gasteiger partial charge in [0.05, 0.1) is 6.42 Å². The third-order valence-electron chi connectivity index (χ3n) is 1.65. The minimum atomic E-state index is -1.21. The largest absolute Gasteiger partial charge is 0.481 e. The molecule has 1 N–H and O–H groups in total. The Morgan fingerprint density at radius 3 is 2.43 bits per heavy atom. The average Bonchev–Trinajstić information content (AvgIpc) is 2.10. The second kappa shape index (κ2) is 3.95. The lowest BCUT2D eigenvalue weighted by Crippen LogP contribution is -2.05. The van der Waals surface area contributed by atoms with Crippen LogP contribution in [0.1, 0.15) is 15.9 Å². The smallest absolute Gasteiger partial charge is 0.307 e. The monoisotopic (exact) mass is 200 g/mol. The molecule has 0 aliphatic heterocycles.